The van der Waals surface area contributed by atoms with Gasteiger partial charge in [0.2, 0.25) is 0 Å². The SMILES string of the molecule is CCN(C)C(=O)Nc1ccc(C(=O)OC)cc1. The van der Waals surface area contributed by atoms with Gasteiger partial charge >= 0.3 is 12.0 Å². The molecule has 0 bridgehead atoms. The first kappa shape index (κ1) is 13.0. The fraction of sp³-hybridized carbons (Fsp3) is 0.333. The number of ether oxygens (including phenoxy) is 1. The molecule has 0 aliphatic carbocycles. The maximum atomic E-state index is 11.5. The van der Waals surface area contributed by atoms with E-state index in [1.807, 2.05) is 6.92 Å². The molecule has 0 aromatic heterocycles. The molecule has 1 aromatic carbocycles. The van der Waals surface area contributed by atoms with Gasteiger partial charge in [0.25, 0.3) is 0 Å². The van der Waals surface area contributed by atoms with Gasteiger partial charge in [-0.05, 0) is 31.2 Å². The third-order valence-corrected chi connectivity index (χ3v) is 2.38. The van der Waals surface area contributed by atoms with Crippen molar-refractivity contribution in [1.29, 1.82) is 0 Å². The highest BCUT2D eigenvalue weighted by atomic mass is 16.5. The largest absolute Gasteiger partial charge is 0.465 e. The minimum Gasteiger partial charge on any atom is -0.465 e. The third-order valence-electron chi connectivity index (χ3n) is 2.38. The second-order valence-electron chi connectivity index (χ2n) is 3.51. The van der Waals surface area contributed by atoms with Crippen molar-refractivity contribution >= 4 is 17.7 Å². The van der Waals surface area contributed by atoms with Crippen LogP contribution in [0.25, 0.3) is 0 Å². The van der Waals surface area contributed by atoms with Gasteiger partial charge in [0, 0.05) is 19.3 Å². The molecule has 5 nitrogen and oxygen atoms in total. The van der Waals surface area contributed by atoms with E-state index in [0.29, 0.717) is 17.8 Å². The summed E-state index contributed by atoms with van der Waals surface area (Å²) in [5.41, 5.74) is 1.09. The van der Waals surface area contributed by atoms with Crippen molar-refractivity contribution in [3.8, 4) is 0 Å². The standard InChI is InChI=1S/C12H16N2O3/c1-4-14(2)12(16)13-10-7-5-9(6-8-10)11(15)17-3/h5-8H,4H2,1-3H3,(H,13,16). The van der Waals surface area contributed by atoms with E-state index >= 15 is 0 Å². The van der Waals surface area contributed by atoms with Crippen molar-refractivity contribution in [2.24, 2.45) is 0 Å². The Morgan fingerprint density at radius 2 is 1.88 bits per heavy atom. The van der Waals surface area contributed by atoms with Crippen LogP contribution in [0.3, 0.4) is 0 Å². The number of nitrogens with one attached hydrogen (secondary N) is 1. The van der Waals surface area contributed by atoms with E-state index in [1.54, 1.807) is 36.2 Å². The van der Waals surface area contributed by atoms with E-state index in [1.165, 1.54) is 7.11 Å². The van der Waals surface area contributed by atoms with Crippen LogP contribution in [-0.4, -0.2) is 37.6 Å². The van der Waals surface area contributed by atoms with Gasteiger partial charge in [-0.3, -0.25) is 0 Å². The predicted molar refractivity (Wildman–Crippen MR) is 65.1 cm³/mol. The van der Waals surface area contributed by atoms with Crippen LogP contribution >= 0.6 is 0 Å². The second-order valence-corrected chi connectivity index (χ2v) is 3.51. The number of amides is 2. The van der Waals surface area contributed by atoms with Crippen molar-refractivity contribution < 1.29 is 14.3 Å². The van der Waals surface area contributed by atoms with Crippen molar-refractivity contribution in [3.63, 3.8) is 0 Å². The molecule has 0 heterocycles. The first-order chi connectivity index (χ1) is 8.08. The van der Waals surface area contributed by atoms with Crippen molar-refractivity contribution in [1.82, 2.24) is 4.90 Å². The Kier molecular flexibility index (Phi) is 4.51. The number of hydrogen-bond acceptors (Lipinski definition) is 3. The number of methoxy groups -OCH3 is 1. The van der Waals surface area contributed by atoms with Crippen LogP contribution in [0.15, 0.2) is 24.3 Å². The van der Waals surface area contributed by atoms with Gasteiger partial charge in [0.15, 0.2) is 0 Å². The summed E-state index contributed by atoms with van der Waals surface area (Å²) in [6.45, 7) is 2.52. The van der Waals surface area contributed by atoms with Gasteiger partial charge in [0.1, 0.15) is 0 Å². The highest BCUT2D eigenvalue weighted by Crippen LogP contribution is 2.10. The lowest BCUT2D eigenvalue weighted by Gasteiger charge is -2.15. The molecule has 92 valence electrons. The minimum atomic E-state index is -0.395. The number of esters is 1. The van der Waals surface area contributed by atoms with Crippen molar-refractivity contribution in [3.05, 3.63) is 29.8 Å². The third kappa shape index (κ3) is 3.48. The molecule has 0 saturated heterocycles. The Morgan fingerprint density at radius 1 is 1.29 bits per heavy atom. The fourth-order valence-corrected chi connectivity index (χ4v) is 1.17. The minimum absolute atomic E-state index is 0.182. The molecular formula is C12H16N2O3. The monoisotopic (exact) mass is 236 g/mol. The van der Waals surface area contributed by atoms with Crippen LogP contribution in [0.5, 0.6) is 0 Å². The molecule has 5 heteroatoms. The molecule has 17 heavy (non-hydrogen) atoms. The van der Waals surface area contributed by atoms with Gasteiger partial charge in [-0.25, -0.2) is 9.59 Å². The molecule has 0 unspecified atom stereocenters. The maximum absolute atomic E-state index is 11.5. The van der Waals surface area contributed by atoms with E-state index in [4.69, 9.17) is 0 Å². The zero-order valence-electron chi connectivity index (χ0n) is 10.2. The Balaban J connectivity index is 2.69. The maximum Gasteiger partial charge on any atom is 0.337 e. The predicted octanol–water partition coefficient (Wildman–Crippen LogP) is 1.96. The molecule has 0 aliphatic rings. The van der Waals surface area contributed by atoms with Crippen LogP contribution in [-0.2, 0) is 4.74 Å². The first-order valence-electron chi connectivity index (χ1n) is 5.29. The molecule has 0 radical (unpaired) electrons. The molecule has 1 rings (SSSR count). The summed E-state index contributed by atoms with van der Waals surface area (Å²) in [4.78, 5) is 24.3. The number of benzene rings is 1. The summed E-state index contributed by atoms with van der Waals surface area (Å²) in [5, 5.41) is 2.71. The Morgan fingerprint density at radius 3 is 2.35 bits per heavy atom. The highest BCUT2D eigenvalue weighted by molar-refractivity contribution is 5.92. The molecular weight excluding hydrogens is 220 g/mol. The molecule has 1 aromatic rings. The Hall–Kier alpha value is -2.04. The van der Waals surface area contributed by atoms with Crippen LogP contribution in [0.4, 0.5) is 10.5 Å². The summed E-state index contributed by atoms with van der Waals surface area (Å²) in [6, 6.07) is 6.35. The summed E-state index contributed by atoms with van der Waals surface area (Å²) in [5.74, 6) is -0.395. The summed E-state index contributed by atoms with van der Waals surface area (Å²) in [6.07, 6.45) is 0. The van der Waals surface area contributed by atoms with Gasteiger partial charge in [0.05, 0.1) is 12.7 Å². The van der Waals surface area contributed by atoms with Crippen LogP contribution < -0.4 is 5.32 Å². The zero-order chi connectivity index (χ0) is 12.8. The fourth-order valence-electron chi connectivity index (χ4n) is 1.17. The van der Waals surface area contributed by atoms with E-state index in [2.05, 4.69) is 10.1 Å². The molecule has 0 atom stereocenters. The average molecular weight is 236 g/mol. The number of carbonyl (C=O) groups is 2. The lowest BCUT2D eigenvalue weighted by molar-refractivity contribution is 0.0601. The van der Waals surface area contributed by atoms with Gasteiger partial charge in [-0.1, -0.05) is 0 Å². The van der Waals surface area contributed by atoms with Crippen molar-refractivity contribution in [2.75, 3.05) is 26.0 Å². The normalized spacial score (nSPS) is 9.59. The van der Waals surface area contributed by atoms with Crippen LogP contribution in [0.2, 0.25) is 0 Å². The summed E-state index contributed by atoms with van der Waals surface area (Å²) < 4.78 is 4.58. The number of hydrogen-bond donors (Lipinski definition) is 1. The van der Waals surface area contributed by atoms with E-state index in [0.717, 1.165) is 0 Å². The van der Waals surface area contributed by atoms with E-state index in [-0.39, 0.29) is 6.03 Å². The molecule has 0 spiro atoms. The van der Waals surface area contributed by atoms with Gasteiger partial charge in [-0.2, -0.15) is 0 Å². The lowest BCUT2D eigenvalue weighted by atomic mass is 10.2. The second kappa shape index (κ2) is 5.89. The topological polar surface area (TPSA) is 58.6 Å². The van der Waals surface area contributed by atoms with E-state index in [9.17, 15) is 9.59 Å². The molecule has 0 aliphatic heterocycles. The zero-order valence-corrected chi connectivity index (χ0v) is 10.2. The average Bonchev–Trinajstić information content (AvgIpc) is 2.37. The number of rotatable bonds is 3. The number of urea groups is 1. The van der Waals surface area contributed by atoms with Crippen molar-refractivity contribution in [2.45, 2.75) is 6.92 Å². The Labute approximate surface area is 100 Å². The molecule has 0 saturated carbocycles. The smallest absolute Gasteiger partial charge is 0.337 e. The number of anilines is 1. The highest BCUT2D eigenvalue weighted by Gasteiger charge is 2.08. The summed E-state index contributed by atoms with van der Waals surface area (Å²) >= 11 is 0. The molecule has 2 amide bonds. The Bertz CT molecular complexity index is 401. The molecule has 1 N–H and O–H groups in total. The quantitative estimate of drug-likeness (QED) is 0.816. The molecule has 0 fully saturated rings. The van der Waals surface area contributed by atoms with E-state index < -0.39 is 5.97 Å². The summed E-state index contributed by atoms with van der Waals surface area (Å²) in [7, 11) is 3.03. The first-order valence-corrected chi connectivity index (χ1v) is 5.29. The number of carbonyl (C=O) groups excluding carboxylic acids is 2. The lowest BCUT2D eigenvalue weighted by Crippen LogP contribution is -2.30. The number of nitrogens with zero attached hydrogens (tertiary/aromatic N) is 1. The van der Waals surface area contributed by atoms with Gasteiger partial charge < -0.3 is 15.0 Å². The van der Waals surface area contributed by atoms with Gasteiger partial charge in [-0.15, -0.1) is 0 Å². The van der Waals surface area contributed by atoms with Crippen LogP contribution in [0.1, 0.15) is 17.3 Å². The van der Waals surface area contributed by atoms with Crippen LogP contribution in [0, 0.1) is 0 Å².